The maximum Gasteiger partial charge on any atom is 0.253 e. The molecule has 1 amide bonds. The number of hydrazine groups is 3. The van der Waals surface area contributed by atoms with Crippen molar-refractivity contribution >= 4 is 5.91 Å². The highest BCUT2D eigenvalue weighted by molar-refractivity contribution is 5.82. The van der Waals surface area contributed by atoms with Gasteiger partial charge in [0.05, 0.1) is 12.1 Å². The Morgan fingerprint density at radius 3 is 2.89 bits per heavy atom. The van der Waals surface area contributed by atoms with E-state index in [1.165, 1.54) is 25.8 Å². The Balaban J connectivity index is 1.36. The minimum Gasteiger partial charge on any atom is -0.303 e. The smallest absolute Gasteiger partial charge is 0.253 e. The average molecular weight is 391 g/mol. The number of nitriles is 1. The Kier molecular flexibility index (Phi) is 6.16. The maximum absolute atomic E-state index is 12.0. The van der Waals surface area contributed by atoms with Crippen LogP contribution in [-0.2, 0) is 4.79 Å². The van der Waals surface area contributed by atoms with Gasteiger partial charge in [-0.2, -0.15) is 10.8 Å². The van der Waals surface area contributed by atoms with Gasteiger partial charge in [-0.1, -0.05) is 6.92 Å². The molecule has 0 radical (unpaired) electrons. The molecule has 28 heavy (non-hydrogen) atoms. The van der Waals surface area contributed by atoms with E-state index in [0.717, 1.165) is 26.1 Å². The van der Waals surface area contributed by atoms with Gasteiger partial charge in [-0.15, -0.1) is 0 Å². The molecular formula is C19H34N8O. The molecule has 6 unspecified atom stereocenters. The third-order valence-corrected chi connectivity index (χ3v) is 7.25. The number of carbonyl (C=O) groups excluding carboxylic acids is 1. The Labute approximate surface area is 167 Å². The van der Waals surface area contributed by atoms with Crippen LogP contribution in [-0.4, -0.2) is 84.7 Å². The van der Waals surface area contributed by atoms with Gasteiger partial charge >= 0.3 is 0 Å². The number of fused-ring (bicyclic) bond motifs is 1. The van der Waals surface area contributed by atoms with Crippen molar-refractivity contribution in [3.63, 3.8) is 0 Å². The summed E-state index contributed by atoms with van der Waals surface area (Å²) in [6.07, 6.45) is 4.83. The SMILES string of the molecule is CCC1C(CN2NNC3CN(C4CNNC(=O)C4C#N)CCC32)CCCN1C. The molecule has 0 aromatic heterocycles. The molecule has 4 rings (SSSR count). The van der Waals surface area contributed by atoms with Crippen LogP contribution in [0.2, 0.25) is 0 Å². The lowest BCUT2D eigenvalue weighted by Crippen LogP contribution is -2.64. The maximum atomic E-state index is 12.0. The number of rotatable bonds is 4. The van der Waals surface area contributed by atoms with E-state index in [1.807, 2.05) is 0 Å². The second-order valence-electron chi connectivity index (χ2n) is 8.77. The topological polar surface area (TPSA) is 98.7 Å². The molecule has 6 atom stereocenters. The van der Waals surface area contributed by atoms with E-state index < -0.39 is 5.92 Å². The number of nitrogens with zero attached hydrogens (tertiary/aromatic N) is 4. The second-order valence-corrected chi connectivity index (χ2v) is 8.77. The van der Waals surface area contributed by atoms with E-state index in [4.69, 9.17) is 0 Å². The minimum atomic E-state index is -0.605. The minimum absolute atomic E-state index is 0.0629. The largest absolute Gasteiger partial charge is 0.303 e. The Hall–Kier alpha value is -1.28. The second kappa shape index (κ2) is 8.61. The summed E-state index contributed by atoms with van der Waals surface area (Å²) >= 11 is 0. The fourth-order valence-corrected chi connectivity index (χ4v) is 5.74. The van der Waals surface area contributed by atoms with Crippen LogP contribution in [0.25, 0.3) is 0 Å². The van der Waals surface area contributed by atoms with Crippen molar-refractivity contribution in [3.05, 3.63) is 0 Å². The van der Waals surface area contributed by atoms with Crippen LogP contribution in [0.5, 0.6) is 0 Å². The zero-order valence-electron chi connectivity index (χ0n) is 17.0. The normalized spacial score (nSPS) is 40.7. The van der Waals surface area contributed by atoms with E-state index >= 15 is 0 Å². The van der Waals surface area contributed by atoms with Gasteiger partial charge in [0.15, 0.2) is 0 Å². The first-order chi connectivity index (χ1) is 13.6. The van der Waals surface area contributed by atoms with Crippen LogP contribution in [0.15, 0.2) is 0 Å². The van der Waals surface area contributed by atoms with Gasteiger partial charge in [0.2, 0.25) is 0 Å². The molecule has 4 N–H and O–H groups in total. The summed E-state index contributed by atoms with van der Waals surface area (Å²) < 4.78 is 0. The van der Waals surface area contributed by atoms with Crippen LogP contribution in [0.3, 0.4) is 0 Å². The summed E-state index contributed by atoms with van der Waals surface area (Å²) in [6, 6.07) is 3.58. The van der Waals surface area contributed by atoms with E-state index in [1.54, 1.807) is 0 Å². The number of hydrogen-bond donors (Lipinski definition) is 4. The van der Waals surface area contributed by atoms with Crippen molar-refractivity contribution in [3.8, 4) is 6.07 Å². The number of nitrogens with one attached hydrogen (secondary N) is 4. The fourth-order valence-electron chi connectivity index (χ4n) is 5.74. The zero-order chi connectivity index (χ0) is 19.7. The summed E-state index contributed by atoms with van der Waals surface area (Å²) in [7, 11) is 2.26. The zero-order valence-corrected chi connectivity index (χ0v) is 17.0. The predicted octanol–water partition coefficient (Wildman–Crippen LogP) is -0.983. The van der Waals surface area contributed by atoms with Crippen LogP contribution in [0, 0.1) is 23.2 Å². The molecule has 4 heterocycles. The molecule has 4 fully saturated rings. The number of likely N-dealkylation sites (tertiary alicyclic amines) is 2. The van der Waals surface area contributed by atoms with Gasteiger partial charge in [0.1, 0.15) is 5.92 Å². The van der Waals surface area contributed by atoms with Gasteiger partial charge in [-0.25, -0.2) is 15.9 Å². The molecule has 4 aliphatic heterocycles. The van der Waals surface area contributed by atoms with E-state index in [2.05, 4.69) is 56.7 Å². The van der Waals surface area contributed by atoms with Gasteiger partial charge in [0, 0.05) is 44.3 Å². The summed E-state index contributed by atoms with van der Waals surface area (Å²) in [4.78, 5) is 16.8. The molecule has 0 saturated carbocycles. The molecule has 4 aliphatic rings. The molecule has 156 valence electrons. The third kappa shape index (κ3) is 3.77. The van der Waals surface area contributed by atoms with Crippen LogP contribution >= 0.6 is 0 Å². The van der Waals surface area contributed by atoms with Crippen molar-refractivity contribution < 1.29 is 4.79 Å². The predicted molar refractivity (Wildman–Crippen MR) is 105 cm³/mol. The van der Waals surface area contributed by atoms with Crippen LogP contribution < -0.4 is 21.8 Å². The number of amides is 1. The lowest BCUT2D eigenvalue weighted by atomic mass is 9.86. The molecule has 9 nitrogen and oxygen atoms in total. The number of hydrogen-bond acceptors (Lipinski definition) is 8. The molecule has 0 aromatic carbocycles. The van der Waals surface area contributed by atoms with Crippen LogP contribution in [0.4, 0.5) is 0 Å². The Morgan fingerprint density at radius 2 is 2.11 bits per heavy atom. The summed E-state index contributed by atoms with van der Waals surface area (Å²) in [5.41, 5.74) is 12.4. The Morgan fingerprint density at radius 1 is 1.25 bits per heavy atom. The lowest BCUT2D eigenvalue weighted by Gasteiger charge is -2.44. The van der Waals surface area contributed by atoms with Crippen LogP contribution in [0.1, 0.15) is 32.6 Å². The first-order valence-electron chi connectivity index (χ1n) is 10.8. The highest BCUT2D eigenvalue weighted by atomic mass is 16.2. The first kappa shape index (κ1) is 20.0. The summed E-state index contributed by atoms with van der Waals surface area (Å²) in [6.45, 7) is 6.98. The molecule has 0 spiro atoms. The first-order valence-corrected chi connectivity index (χ1v) is 10.8. The highest BCUT2D eigenvalue weighted by Gasteiger charge is 2.44. The fraction of sp³-hybridized carbons (Fsp3) is 0.895. The van der Waals surface area contributed by atoms with Crippen molar-refractivity contribution in [1.29, 1.82) is 5.26 Å². The summed E-state index contributed by atoms with van der Waals surface area (Å²) in [5.74, 6) is -0.123. The molecule has 9 heteroatoms. The van der Waals surface area contributed by atoms with E-state index in [9.17, 15) is 10.1 Å². The van der Waals surface area contributed by atoms with Gasteiger partial charge in [-0.3, -0.25) is 15.1 Å². The molecule has 0 bridgehead atoms. The standard InChI is InChI=1S/C19H34N8O/c1-3-16-13(5-4-7-25(16)2)11-27-17-6-8-26(12-15(17)22-24-27)18-10-21-23-19(28)14(18)9-20/h13-18,21-22,24H,3-8,10-12H2,1-2H3,(H,23,28). The highest BCUT2D eigenvalue weighted by Crippen LogP contribution is 2.29. The van der Waals surface area contributed by atoms with Crippen molar-refractivity contribution in [2.24, 2.45) is 11.8 Å². The quantitative estimate of drug-likeness (QED) is 0.486. The van der Waals surface area contributed by atoms with Crippen molar-refractivity contribution in [2.45, 2.75) is 56.8 Å². The molecular weight excluding hydrogens is 356 g/mol. The van der Waals surface area contributed by atoms with Gasteiger partial charge in [0.25, 0.3) is 5.91 Å². The molecule has 0 aliphatic carbocycles. The third-order valence-electron chi connectivity index (χ3n) is 7.25. The van der Waals surface area contributed by atoms with Gasteiger partial charge < -0.3 is 4.90 Å². The van der Waals surface area contributed by atoms with Gasteiger partial charge in [-0.05, 0) is 45.2 Å². The molecule has 0 aromatic rings. The number of carbonyl (C=O) groups is 1. The monoisotopic (exact) mass is 390 g/mol. The van der Waals surface area contributed by atoms with Crippen molar-refractivity contribution in [1.82, 2.24) is 36.6 Å². The average Bonchev–Trinajstić information content (AvgIpc) is 3.10. The number of piperidine rings is 2. The summed E-state index contributed by atoms with van der Waals surface area (Å²) in [5, 5.41) is 11.9. The molecule has 4 saturated heterocycles. The van der Waals surface area contributed by atoms with Crippen molar-refractivity contribution in [2.75, 3.05) is 39.8 Å². The van der Waals surface area contributed by atoms with E-state index in [0.29, 0.717) is 30.6 Å². The Bertz CT molecular complexity index is 609. The lowest BCUT2D eigenvalue weighted by molar-refractivity contribution is -0.129. The van der Waals surface area contributed by atoms with E-state index in [-0.39, 0.29) is 11.9 Å².